The summed E-state index contributed by atoms with van der Waals surface area (Å²) in [6, 6.07) is 7.54. The molecule has 0 aliphatic heterocycles. The average Bonchev–Trinajstić information content (AvgIpc) is 3.22. The third kappa shape index (κ3) is 4.61. The van der Waals surface area contributed by atoms with Gasteiger partial charge in [0.25, 0.3) is 0 Å². The van der Waals surface area contributed by atoms with E-state index in [2.05, 4.69) is 10.3 Å². The number of carbonyl (C=O) groups is 2. The highest BCUT2D eigenvalue weighted by molar-refractivity contribution is 7.15. The van der Waals surface area contributed by atoms with Gasteiger partial charge in [0.05, 0.1) is 5.69 Å². The third-order valence-electron chi connectivity index (χ3n) is 4.20. The molecule has 3 aromatic rings. The highest BCUT2D eigenvalue weighted by Crippen LogP contribution is 2.22. The lowest BCUT2D eigenvalue weighted by molar-refractivity contribution is -0.130. The second-order valence-corrected chi connectivity index (χ2v) is 7.53. The van der Waals surface area contributed by atoms with E-state index in [0.29, 0.717) is 17.4 Å². The first-order valence-electron chi connectivity index (χ1n) is 8.93. The molecule has 8 heteroatoms. The first-order chi connectivity index (χ1) is 13.5. The first kappa shape index (κ1) is 20.1. The van der Waals surface area contributed by atoms with Crippen LogP contribution >= 0.6 is 22.9 Å². The molecular formula is C20H21ClN4O2S. The van der Waals surface area contributed by atoms with Gasteiger partial charge >= 0.3 is 0 Å². The molecule has 2 heterocycles. The van der Waals surface area contributed by atoms with Crippen molar-refractivity contribution in [3.8, 4) is 0 Å². The van der Waals surface area contributed by atoms with Crippen LogP contribution in [0.25, 0.3) is 11.0 Å². The van der Waals surface area contributed by atoms with E-state index in [4.69, 9.17) is 11.6 Å². The molecule has 0 atom stereocenters. The van der Waals surface area contributed by atoms with Crippen LogP contribution < -0.4 is 5.32 Å². The van der Waals surface area contributed by atoms with Gasteiger partial charge in [-0.2, -0.15) is 0 Å². The van der Waals surface area contributed by atoms with Crippen molar-refractivity contribution in [3.63, 3.8) is 0 Å². The number of para-hydroxylation sites is 1. The number of nitrogens with zero attached hydrogens (tertiary/aromatic N) is 3. The van der Waals surface area contributed by atoms with Crippen LogP contribution in [0.3, 0.4) is 0 Å². The van der Waals surface area contributed by atoms with Gasteiger partial charge in [-0.25, -0.2) is 4.98 Å². The van der Waals surface area contributed by atoms with Crippen LogP contribution in [0.15, 0.2) is 41.9 Å². The topological polar surface area (TPSA) is 66.7 Å². The van der Waals surface area contributed by atoms with Crippen LogP contribution in [-0.2, 0) is 9.59 Å². The van der Waals surface area contributed by atoms with Gasteiger partial charge in [0, 0.05) is 29.9 Å². The van der Waals surface area contributed by atoms with Gasteiger partial charge in [0.15, 0.2) is 10.1 Å². The van der Waals surface area contributed by atoms with Crippen LogP contribution in [-0.4, -0.2) is 39.2 Å². The zero-order valence-corrected chi connectivity index (χ0v) is 17.3. The average molecular weight is 417 g/mol. The van der Waals surface area contributed by atoms with Gasteiger partial charge in [-0.1, -0.05) is 36.7 Å². The number of nitrogens with one attached hydrogen (secondary N) is 1. The molecule has 0 saturated carbocycles. The summed E-state index contributed by atoms with van der Waals surface area (Å²) in [5.74, 6) is -0.477. The Bertz CT molecular complexity index is 1020. The first-order valence-corrected chi connectivity index (χ1v) is 10.2. The molecule has 3 rings (SSSR count). The highest BCUT2D eigenvalue weighted by Gasteiger charge is 2.16. The SMILES string of the molecule is CCCN(CC(=O)Nc1ccccc1C)C(=O)/C=C/c1c(Cl)nc2sccn12. The third-order valence-corrected chi connectivity index (χ3v) is 5.23. The number of fused-ring (bicyclic) bond motifs is 1. The molecule has 0 unspecified atom stereocenters. The molecule has 1 aromatic carbocycles. The number of amides is 2. The Morgan fingerprint density at radius 2 is 2.14 bits per heavy atom. The molecule has 6 nitrogen and oxygen atoms in total. The van der Waals surface area contributed by atoms with Gasteiger partial charge in [0.1, 0.15) is 6.54 Å². The maximum absolute atomic E-state index is 12.7. The summed E-state index contributed by atoms with van der Waals surface area (Å²) in [5, 5.41) is 5.11. The van der Waals surface area contributed by atoms with Crippen molar-refractivity contribution in [2.24, 2.45) is 0 Å². The predicted octanol–water partition coefficient (Wildman–Crippen LogP) is 4.25. The van der Waals surface area contributed by atoms with E-state index in [1.165, 1.54) is 22.3 Å². The number of aromatic nitrogens is 2. The molecule has 146 valence electrons. The number of anilines is 1. The van der Waals surface area contributed by atoms with Crippen LogP contribution in [0.1, 0.15) is 24.6 Å². The van der Waals surface area contributed by atoms with Crippen molar-refractivity contribution < 1.29 is 9.59 Å². The van der Waals surface area contributed by atoms with Crippen molar-refractivity contribution in [1.29, 1.82) is 0 Å². The molecule has 0 bridgehead atoms. The van der Waals surface area contributed by atoms with Gasteiger partial charge in [0.2, 0.25) is 11.8 Å². The van der Waals surface area contributed by atoms with Gasteiger partial charge < -0.3 is 10.2 Å². The largest absolute Gasteiger partial charge is 0.330 e. The lowest BCUT2D eigenvalue weighted by Crippen LogP contribution is -2.37. The minimum atomic E-state index is -0.247. The highest BCUT2D eigenvalue weighted by atomic mass is 35.5. The van der Waals surface area contributed by atoms with Crippen LogP contribution in [0.2, 0.25) is 5.15 Å². The zero-order valence-electron chi connectivity index (χ0n) is 15.7. The number of aryl methyl sites for hydroxylation is 1. The van der Waals surface area contributed by atoms with Gasteiger partial charge in [-0.15, -0.1) is 11.3 Å². The second-order valence-electron chi connectivity index (χ2n) is 6.30. The Kier molecular flexibility index (Phi) is 6.49. The fourth-order valence-electron chi connectivity index (χ4n) is 2.79. The Hall–Kier alpha value is -2.64. The van der Waals surface area contributed by atoms with E-state index in [-0.39, 0.29) is 18.4 Å². The number of halogens is 1. The van der Waals surface area contributed by atoms with E-state index in [1.807, 2.05) is 54.1 Å². The second kappa shape index (κ2) is 9.03. The molecule has 0 fully saturated rings. The molecule has 0 spiro atoms. The number of hydrogen-bond acceptors (Lipinski definition) is 4. The standard InChI is InChI=1S/C20H21ClN4O2S/c1-3-10-24(13-17(26)22-15-7-5-4-6-14(15)2)18(27)9-8-16-19(21)23-20-25(16)11-12-28-20/h4-9,11-12H,3,10,13H2,1-2H3,(H,22,26)/b9-8+. The monoisotopic (exact) mass is 416 g/mol. The number of hydrogen-bond donors (Lipinski definition) is 1. The minimum Gasteiger partial charge on any atom is -0.330 e. The van der Waals surface area contributed by atoms with E-state index in [9.17, 15) is 9.59 Å². The zero-order chi connectivity index (χ0) is 20.1. The summed E-state index contributed by atoms with van der Waals surface area (Å²) in [6.07, 6.45) is 5.67. The number of carbonyl (C=O) groups excluding carboxylic acids is 2. The molecule has 0 aliphatic carbocycles. The molecule has 2 amide bonds. The van der Waals surface area contributed by atoms with Crippen molar-refractivity contribution in [2.75, 3.05) is 18.4 Å². The van der Waals surface area contributed by atoms with E-state index in [1.54, 1.807) is 6.08 Å². The quantitative estimate of drug-likeness (QED) is 0.585. The normalized spacial score (nSPS) is 11.2. The number of benzene rings is 1. The number of imidazole rings is 1. The van der Waals surface area contributed by atoms with Gasteiger partial charge in [-0.3, -0.25) is 14.0 Å². The lowest BCUT2D eigenvalue weighted by atomic mass is 10.2. The van der Waals surface area contributed by atoms with Crippen LogP contribution in [0.4, 0.5) is 5.69 Å². The van der Waals surface area contributed by atoms with Crippen molar-refractivity contribution >= 4 is 51.5 Å². The van der Waals surface area contributed by atoms with E-state index >= 15 is 0 Å². The maximum atomic E-state index is 12.7. The van der Waals surface area contributed by atoms with Crippen molar-refractivity contribution in [2.45, 2.75) is 20.3 Å². The Labute approximate surface area is 172 Å². The predicted molar refractivity (Wildman–Crippen MR) is 114 cm³/mol. The molecule has 2 aromatic heterocycles. The summed E-state index contributed by atoms with van der Waals surface area (Å²) in [6.45, 7) is 4.36. The number of thiazole rings is 1. The molecule has 1 N–H and O–H groups in total. The summed E-state index contributed by atoms with van der Waals surface area (Å²) in [7, 11) is 0. The molecule has 0 radical (unpaired) electrons. The maximum Gasteiger partial charge on any atom is 0.247 e. The van der Waals surface area contributed by atoms with Crippen LogP contribution in [0, 0.1) is 6.92 Å². The van der Waals surface area contributed by atoms with Crippen molar-refractivity contribution in [3.05, 3.63) is 58.3 Å². The Morgan fingerprint density at radius 1 is 1.36 bits per heavy atom. The molecular weight excluding hydrogens is 396 g/mol. The molecule has 0 saturated heterocycles. The Morgan fingerprint density at radius 3 is 2.89 bits per heavy atom. The lowest BCUT2D eigenvalue weighted by Gasteiger charge is -2.20. The van der Waals surface area contributed by atoms with Gasteiger partial charge in [-0.05, 0) is 31.1 Å². The smallest absolute Gasteiger partial charge is 0.247 e. The summed E-state index contributed by atoms with van der Waals surface area (Å²) >= 11 is 7.62. The van der Waals surface area contributed by atoms with E-state index < -0.39 is 0 Å². The Balaban J connectivity index is 1.69. The summed E-state index contributed by atoms with van der Waals surface area (Å²) in [5.41, 5.74) is 2.36. The van der Waals surface area contributed by atoms with Crippen LogP contribution in [0.5, 0.6) is 0 Å². The molecule has 0 aliphatic rings. The fourth-order valence-corrected chi connectivity index (χ4v) is 3.80. The van der Waals surface area contributed by atoms with E-state index in [0.717, 1.165) is 22.6 Å². The molecule has 28 heavy (non-hydrogen) atoms. The number of rotatable bonds is 7. The van der Waals surface area contributed by atoms with Crippen molar-refractivity contribution in [1.82, 2.24) is 14.3 Å². The fraction of sp³-hybridized carbons (Fsp3) is 0.250. The minimum absolute atomic E-state index is 0.0145. The summed E-state index contributed by atoms with van der Waals surface area (Å²) < 4.78 is 1.83. The summed E-state index contributed by atoms with van der Waals surface area (Å²) in [4.78, 5) is 31.6.